The van der Waals surface area contributed by atoms with Crippen molar-refractivity contribution in [1.29, 1.82) is 0 Å². The Hall–Kier alpha value is -0.740. The Labute approximate surface area is 94.4 Å². The van der Waals surface area contributed by atoms with Crippen LogP contribution in [0.15, 0.2) is 23.1 Å². The number of aryl methyl sites for hydroxylation is 1. The number of halogens is 1. The first-order chi connectivity index (χ1) is 6.99. The Morgan fingerprint density at radius 2 is 2.00 bits per heavy atom. The zero-order chi connectivity index (χ0) is 11.5. The van der Waals surface area contributed by atoms with Gasteiger partial charge in [0.15, 0.2) is 0 Å². The molecule has 0 radical (unpaired) electrons. The number of hydrogen-bond acceptors (Lipinski definition) is 3. The van der Waals surface area contributed by atoms with Crippen molar-refractivity contribution in [1.82, 2.24) is 0 Å². The van der Waals surface area contributed by atoms with E-state index in [0.29, 0.717) is 12.4 Å². The van der Waals surface area contributed by atoms with Crippen molar-refractivity contribution in [3.05, 3.63) is 23.8 Å². The summed E-state index contributed by atoms with van der Waals surface area (Å²) in [4.78, 5) is 0.0466. The van der Waals surface area contributed by atoms with Crippen molar-refractivity contribution in [3.63, 3.8) is 0 Å². The second-order valence-corrected chi connectivity index (χ2v) is 5.54. The highest BCUT2D eigenvalue weighted by Gasteiger charge is 2.17. The molecule has 1 aromatic rings. The second kappa shape index (κ2) is 4.86. The SMILES string of the molecule is CCOc1ccc(CC)cc1S(=O)(=O)Cl. The van der Waals surface area contributed by atoms with Crippen LogP contribution in [0.25, 0.3) is 0 Å². The van der Waals surface area contributed by atoms with E-state index in [1.54, 1.807) is 19.1 Å². The number of benzene rings is 1. The molecule has 0 aliphatic heterocycles. The first kappa shape index (κ1) is 12.3. The van der Waals surface area contributed by atoms with Gasteiger partial charge in [0.25, 0.3) is 9.05 Å². The van der Waals surface area contributed by atoms with Crippen LogP contribution in [0, 0.1) is 0 Å². The zero-order valence-corrected chi connectivity index (χ0v) is 10.2. The maximum Gasteiger partial charge on any atom is 0.264 e. The van der Waals surface area contributed by atoms with Crippen LogP contribution in [0.5, 0.6) is 5.75 Å². The largest absolute Gasteiger partial charge is 0.492 e. The normalized spacial score (nSPS) is 11.4. The average Bonchev–Trinajstić information content (AvgIpc) is 2.17. The molecule has 0 atom stereocenters. The zero-order valence-electron chi connectivity index (χ0n) is 8.66. The molecule has 1 rings (SSSR count). The highest BCUT2D eigenvalue weighted by Crippen LogP contribution is 2.28. The molecule has 0 unspecified atom stereocenters. The lowest BCUT2D eigenvalue weighted by Gasteiger charge is -2.08. The van der Waals surface area contributed by atoms with Gasteiger partial charge in [0.05, 0.1) is 6.61 Å². The predicted octanol–water partition coefficient (Wildman–Crippen LogP) is 2.58. The molecule has 0 aliphatic carbocycles. The molecule has 3 nitrogen and oxygen atoms in total. The van der Waals surface area contributed by atoms with Crippen LogP contribution in [-0.4, -0.2) is 15.0 Å². The van der Waals surface area contributed by atoms with E-state index >= 15 is 0 Å². The van der Waals surface area contributed by atoms with Crippen LogP contribution >= 0.6 is 10.7 Å². The van der Waals surface area contributed by atoms with Gasteiger partial charge in [0, 0.05) is 10.7 Å². The smallest absolute Gasteiger partial charge is 0.264 e. The van der Waals surface area contributed by atoms with E-state index in [2.05, 4.69) is 0 Å². The highest BCUT2D eigenvalue weighted by atomic mass is 35.7. The van der Waals surface area contributed by atoms with Crippen LogP contribution in [0.2, 0.25) is 0 Å². The van der Waals surface area contributed by atoms with Crippen molar-refractivity contribution in [2.45, 2.75) is 25.2 Å². The number of hydrogen-bond donors (Lipinski definition) is 0. The standard InChI is InChI=1S/C10H13ClO3S/c1-3-8-5-6-9(14-4-2)10(7-8)15(11,12)13/h5-7H,3-4H2,1-2H3. The summed E-state index contributed by atoms with van der Waals surface area (Å²) in [5.74, 6) is 0.310. The van der Waals surface area contributed by atoms with Gasteiger partial charge < -0.3 is 4.74 Å². The third kappa shape index (κ3) is 3.11. The fourth-order valence-electron chi connectivity index (χ4n) is 1.24. The molecule has 0 fully saturated rings. The van der Waals surface area contributed by atoms with E-state index < -0.39 is 9.05 Å². The fraction of sp³-hybridized carbons (Fsp3) is 0.400. The van der Waals surface area contributed by atoms with Crippen LogP contribution in [-0.2, 0) is 15.5 Å². The molecule has 0 spiro atoms. The molecular formula is C10H13ClO3S. The summed E-state index contributed by atoms with van der Waals surface area (Å²) >= 11 is 0. The van der Waals surface area contributed by atoms with Crippen LogP contribution in [0.1, 0.15) is 19.4 Å². The Kier molecular flexibility index (Phi) is 3.99. The molecule has 5 heteroatoms. The minimum atomic E-state index is -3.74. The van der Waals surface area contributed by atoms with Gasteiger partial charge in [-0.15, -0.1) is 0 Å². The summed E-state index contributed by atoms with van der Waals surface area (Å²) in [5, 5.41) is 0. The quantitative estimate of drug-likeness (QED) is 0.770. The maximum atomic E-state index is 11.3. The molecule has 0 aromatic heterocycles. The topological polar surface area (TPSA) is 43.4 Å². The molecule has 1 aromatic carbocycles. The van der Waals surface area contributed by atoms with Crippen LogP contribution in [0.3, 0.4) is 0 Å². The van der Waals surface area contributed by atoms with E-state index in [4.69, 9.17) is 15.4 Å². The van der Waals surface area contributed by atoms with Gasteiger partial charge in [0.2, 0.25) is 0 Å². The van der Waals surface area contributed by atoms with Gasteiger partial charge in [-0.2, -0.15) is 0 Å². The summed E-state index contributed by atoms with van der Waals surface area (Å²) in [6.07, 6.45) is 0.756. The average molecular weight is 249 g/mol. The van der Waals surface area contributed by atoms with Crippen molar-refractivity contribution < 1.29 is 13.2 Å². The minimum absolute atomic E-state index is 0.0466. The predicted molar refractivity (Wildman–Crippen MR) is 60.0 cm³/mol. The summed E-state index contributed by atoms with van der Waals surface area (Å²) in [6.45, 7) is 4.14. The summed E-state index contributed by atoms with van der Waals surface area (Å²) in [6, 6.07) is 5.02. The lowest BCUT2D eigenvalue weighted by molar-refractivity contribution is 0.331. The molecule has 0 bridgehead atoms. The van der Waals surface area contributed by atoms with E-state index in [0.717, 1.165) is 12.0 Å². The Morgan fingerprint density at radius 3 is 2.47 bits per heavy atom. The van der Waals surface area contributed by atoms with Gasteiger partial charge >= 0.3 is 0 Å². The van der Waals surface area contributed by atoms with E-state index in [1.165, 1.54) is 0 Å². The van der Waals surface area contributed by atoms with Crippen molar-refractivity contribution in [2.75, 3.05) is 6.61 Å². The molecule has 15 heavy (non-hydrogen) atoms. The first-order valence-electron chi connectivity index (χ1n) is 4.69. The molecule has 0 saturated carbocycles. The second-order valence-electron chi connectivity index (χ2n) is 3.01. The first-order valence-corrected chi connectivity index (χ1v) is 7.00. The van der Waals surface area contributed by atoms with Crippen molar-refractivity contribution >= 4 is 19.7 Å². The van der Waals surface area contributed by atoms with Gasteiger partial charge in [0.1, 0.15) is 10.6 Å². The Balaban J connectivity index is 3.29. The minimum Gasteiger partial charge on any atom is -0.492 e. The summed E-state index contributed by atoms with van der Waals surface area (Å²) < 4.78 is 27.8. The fourth-order valence-corrected chi connectivity index (χ4v) is 2.26. The van der Waals surface area contributed by atoms with Crippen molar-refractivity contribution in [3.8, 4) is 5.75 Å². The molecule has 0 N–H and O–H groups in total. The molecule has 84 valence electrons. The molecular weight excluding hydrogens is 236 g/mol. The number of rotatable bonds is 4. The monoisotopic (exact) mass is 248 g/mol. The molecule has 0 aliphatic rings. The van der Waals surface area contributed by atoms with Gasteiger partial charge in [-0.1, -0.05) is 13.0 Å². The lowest BCUT2D eigenvalue weighted by Crippen LogP contribution is -2.00. The van der Waals surface area contributed by atoms with Gasteiger partial charge in [-0.25, -0.2) is 8.42 Å². The van der Waals surface area contributed by atoms with E-state index in [-0.39, 0.29) is 4.90 Å². The summed E-state index contributed by atoms with van der Waals surface area (Å²) in [7, 11) is 1.58. The molecule has 0 saturated heterocycles. The third-order valence-corrected chi connectivity index (χ3v) is 3.32. The van der Waals surface area contributed by atoms with Crippen LogP contribution < -0.4 is 4.74 Å². The van der Waals surface area contributed by atoms with E-state index in [9.17, 15) is 8.42 Å². The van der Waals surface area contributed by atoms with Crippen molar-refractivity contribution in [2.24, 2.45) is 0 Å². The highest BCUT2D eigenvalue weighted by molar-refractivity contribution is 8.13. The number of ether oxygens (including phenoxy) is 1. The summed E-state index contributed by atoms with van der Waals surface area (Å²) in [5.41, 5.74) is 0.915. The Bertz CT molecular complexity index is 440. The Morgan fingerprint density at radius 1 is 1.33 bits per heavy atom. The van der Waals surface area contributed by atoms with Gasteiger partial charge in [-0.05, 0) is 31.0 Å². The van der Waals surface area contributed by atoms with E-state index in [1.807, 2.05) is 13.0 Å². The maximum absolute atomic E-state index is 11.3. The molecule has 0 heterocycles. The molecule has 0 amide bonds. The van der Waals surface area contributed by atoms with Gasteiger partial charge in [-0.3, -0.25) is 0 Å². The third-order valence-electron chi connectivity index (χ3n) is 1.98. The lowest BCUT2D eigenvalue weighted by atomic mass is 10.2. The van der Waals surface area contributed by atoms with Crippen LogP contribution in [0.4, 0.5) is 0 Å².